The van der Waals surface area contributed by atoms with E-state index < -0.39 is 0 Å². The third kappa shape index (κ3) is 4.49. The van der Waals surface area contributed by atoms with Crippen molar-refractivity contribution in [3.63, 3.8) is 0 Å². The number of aliphatic hydroxyl groups is 1. The van der Waals surface area contributed by atoms with Gasteiger partial charge in [-0.1, -0.05) is 18.7 Å². The maximum absolute atomic E-state index is 11.8. The molecule has 0 radical (unpaired) electrons. The summed E-state index contributed by atoms with van der Waals surface area (Å²) in [7, 11) is 0. The van der Waals surface area contributed by atoms with Gasteiger partial charge in [0.1, 0.15) is 0 Å². The van der Waals surface area contributed by atoms with E-state index in [4.69, 9.17) is 5.11 Å². The number of hydrogen-bond acceptors (Lipinski definition) is 4. The van der Waals surface area contributed by atoms with E-state index in [1.807, 2.05) is 13.8 Å². The Morgan fingerprint density at radius 1 is 1.61 bits per heavy atom. The molecule has 0 aromatic rings. The number of amides is 2. The summed E-state index contributed by atoms with van der Waals surface area (Å²) in [6, 6.07) is 0. The van der Waals surface area contributed by atoms with Crippen LogP contribution in [0.15, 0.2) is 0 Å². The molecule has 1 saturated heterocycles. The molecule has 0 bridgehead atoms. The SMILES string of the molecule is CCC(C)(CCO)NC(=O)CCN1CCSC1=O. The van der Waals surface area contributed by atoms with E-state index in [1.54, 1.807) is 4.90 Å². The lowest BCUT2D eigenvalue weighted by Crippen LogP contribution is -2.47. The summed E-state index contributed by atoms with van der Waals surface area (Å²) in [5.41, 5.74) is -0.352. The maximum atomic E-state index is 11.8. The first-order valence-electron chi connectivity index (χ1n) is 6.34. The molecular weight excluding hydrogens is 252 g/mol. The number of carbonyl (C=O) groups excluding carboxylic acids is 2. The number of thioether (sulfide) groups is 1. The fraction of sp³-hybridized carbons (Fsp3) is 0.833. The van der Waals surface area contributed by atoms with Crippen LogP contribution in [0.3, 0.4) is 0 Å². The van der Waals surface area contributed by atoms with Gasteiger partial charge >= 0.3 is 0 Å². The highest BCUT2D eigenvalue weighted by Gasteiger charge is 2.25. The molecule has 0 aromatic heterocycles. The highest BCUT2D eigenvalue weighted by Crippen LogP contribution is 2.18. The van der Waals surface area contributed by atoms with E-state index in [2.05, 4.69) is 5.32 Å². The Morgan fingerprint density at radius 3 is 2.83 bits per heavy atom. The van der Waals surface area contributed by atoms with Gasteiger partial charge in [0, 0.05) is 37.4 Å². The van der Waals surface area contributed by atoms with E-state index in [-0.39, 0.29) is 23.3 Å². The Bertz CT molecular complexity index is 312. The van der Waals surface area contributed by atoms with Crippen LogP contribution in [0.1, 0.15) is 33.1 Å². The molecule has 1 atom stereocenters. The van der Waals surface area contributed by atoms with Gasteiger partial charge in [-0.05, 0) is 19.8 Å². The molecule has 2 N–H and O–H groups in total. The molecule has 0 saturated carbocycles. The molecule has 0 aliphatic carbocycles. The van der Waals surface area contributed by atoms with Crippen molar-refractivity contribution in [3.8, 4) is 0 Å². The molecular formula is C12H22N2O3S. The third-order valence-electron chi connectivity index (χ3n) is 3.34. The normalized spacial score (nSPS) is 18.8. The van der Waals surface area contributed by atoms with Gasteiger partial charge in [-0.3, -0.25) is 9.59 Å². The van der Waals surface area contributed by atoms with E-state index in [9.17, 15) is 9.59 Å². The topological polar surface area (TPSA) is 69.6 Å². The molecule has 1 aliphatic heterocycles. The van der Waals surface area contributed by atoms with Crippen LogP contribution in [0.5, 0.6) is 0 Å². The van der Waals surface area contributed by atoms with Gasteiger partial charge in [-0.25, -0.2) is 0 Å². The van der Waals surface area contributed by atoms with Crippen molar-refractivity contribution in [2.24, 2.45) is 0 Å². The average Bonchev–Trinajstić information content (AvgIpc) is 2.72. The maximum Gasteiger partial charge on any atom is 0.281 e. The zero-order valence-electron chi connectivity index (χ0n) is 11.1. The number of nitrogens with one attached hydrogen (secondary N) is 1. The first-order chi connectivity index (χ1) is 8.50. The van der Waals surface area contributed by atoms with Crippen molar-refractivity contribution in [1.82, 2.24) is 10.2 Å². The Hall–Kier alpha value is -0.750. The van der Waals surface area contributed by atoms with Crippen molar-refractivity contribution in [2.75, 3.05) is 25.4 Å². The summed E-state index contributed by atoms with van der Waals surface area (Å²) in [5.74, 6) is 0.759. The van der Waals surface area contributed by atoms with Crippen LogP contribution in [-0.2, 0) is 4.79 Å². The number of nitrogens with zero attached hydrogens (tertiary/aromatic N) is 1. The summed E-state index contributed by atoms with van der Waals surface area (Å²) in [5, 5.41) is 12.0. The number of carbonyl (C=O) groups is 2. The van der Waals surface area contributed by atoms with Crippen LogP contribution in [0, 0.1) is 0 Å². The smallest absolute Gasteiger partial charge is 0.281 e. The largest absolute Gasteiger partial charge is 0.396 e. The number of rotatable bonds is 7. The molecule has 0 spiro atoms. The lowest BCUT2D eigenvalue weighted by Gasteiger charge is -2.29. The van der Waals surface area contributed by atoms with Crippen LogP contribution in [0.4, 0.5) is 4.79 Å². The molecule has 5 nitrogen and oxygen atoms in total. The highest BCUT2D eigenvalue weighted by atomic mass is 32.2. The third-order valence-corrected chi connectivity index (χ3v) is 4.23. The predicted molar refractivity (Wildman–Crippen MR) is 72.6 cm³/mol. The summed E-state index contributed by atoms with van der Waals surface area (Å²) in [4.78, 5) is 24.9. The first-order valence-corrected chi connectivity index (χ1v) is 7.33. The van der Waals surface area contributed by atoms with Crippen LogP contribution in [0.25, 0.3) is 0 Å². The first kappa shape index (κ1) is 15.3. The van der Waals surface area contributed by atoms with E-state index >= 15 is 0 Å². The summed E-state index contributed by atoms with van der Waals surface area (Å²) in [6.07, 6.45) is 1.65. The summed E-state index contributed by atoms with van der Waals surface area (Å²) in [6.45, 7) is 5.19. The lowest BCUT2D eigenvalue weighted by atomic mass is 9.95. The molecule has 18 heavy (non-hydrogen) atoms. The van der Waals surface area contributed by atoms with Crippen LogP contribution >= 0.6 is 11.8 Å². The molecule has 1 unspecified atom stereocenters. The zero-order valence-corrected chi connectivity index (χ0v) is 11.9. The summed E-state index contributed by atoms with van der Waals surface area (Å²) < 4.78 is 0. The van der Waals surface area contributed by atoms with Crippen molar-refractivity contribution in [2.45, 2.75) is 38.6 Å². The fourth-order valence-electron chi connectivity index (χ4n) is 1.84. The van der Waals surface area contributed by atoms with Crippen molar-refractivity contribution >= 4 is 22.9 Å². The van der Waals surface area contributed by atoms with Gasteiger partial charge in [0.25, 0.3) is 5.24 Å². The van der Waals surface area contributed by atoms with Crippen molar-refractivity contribution in [1.29, 1.82) is 0 Å². The van der Waals surface area contributed by atoms with Gasteiger partial charge < -0.3 is 15.3 Å². The second-order valence-electron chi connectivity index (χ2n) is 4.79. The zero-order chi connectivity index (χ0) is 13.6. The monoisotopic (exact) mass is 274 g/mol. The second kappa shape index (κ2) is 6.99. The van der Waals surface area contributed by atoms with Gasteiger partial charge in [-0.15, -0.1) is 0 Å². The minimum Gasteiger partial charge on any atom is -0.396 e. The van der Waals surface area contributed by atoms with Gasteiger partial charge in [0.15, 0.2) is 0 Å². The number of hydrogen-bond donors (Lipinski definition) is 2. The Labute approximate surface area is 112 Å². The Morgan fingerprint density at radius 2 is 2.33 bits per heavy atom. The standard InChI is InChI=1S/C12H22N2O3S/c1-3-12(2,5-8-15)13-10(16)4-6-14-7-9-18-11(14)17/h15H,3-9H2,1-2H3,(H,13,16). The van der Waals surface area contributed by atoms with E-state index in [0.717, 1.165) is 18.7 Å². The average molecular weight is 274 g/mol. The van der Waals surface area contributed by atoms with Crippen LogP contribution in [0.2, 0.25) is 0 Å². The molecule has 1 rings (SSSR count). The summed E-state index contributed by atoms with van der Waals surface area (Å²) >= 11 is 1.31. The van der Waals surface area contributed by atoms with Gasteiger partial charge in [0.05, 0.1) is 0 Å². The van der Waals surface area contributed by atoms with Gasteiger partial charge in [-0.2, -0.15) is 0 Å². The molecule has 104 valence electrons. The molecule has 1 heterocycles. The number of aliphatic hydroxyl groups excluding tert-OH is 1. The molecule has 6 heteroatoms. The highest BCUT2D eigenvalue weighted by molar-refractivity contribution is 8.13. The predicted octanol–water partition coefficient (Wildman–Crippen LogP) is 1.21. The Balaban J connectivity index is 2.34. The lowest BCUT2D eigenvalue weighted by molar-refractivity contribution is -0.123. The minimum absolute atomic E-state index is 0.0579. The fourth-order valence-corrected chi connectivity index (χ4v) is 2.69. The van der Waals surface area contributed by atoms with Gasteiger partial charge in [0.2, 0.25) is 5.91 Å². The van der Waals surface area contributed by atoms with Crippen LogP contribution in [-0.4, -0.2) is 52.1 Å². The quantitative estimate of drug-likeness (QED) is 0.732. The molecule has 0 aromatic carbocycles. The molecule has 2 amide bonds. The van der Waals surface area contributed by atoms with E-state index in [0.29, 0.717) is 19.4 Å². The minimum atomic E-state index is -0.352. The van der Waals surface area contributed by atoms with Crippen molar-refractivity contribution < 1.29 is 14.7 Å². The molecule has 1 aliphatic rings. The second-order valence-corrected chi connectivity index (χ2v) is 5.83. The van der Waals surface area contributed by atoms with E-state index in [1.165, 1.54) is 11.8 Å². The van der Waals surface area contributed by atoms with Crippen molar-refractivity contribution in [3.05, 3.63) is 0 Å². The Kier molecular flexibility index (Phi) is 5.95. The molecule has 1 fully saturated rings. The van der Waals surface area contributed by atoms with Crippen LogP contribution < -0.4 is 5.32 Å².